The highest BCUT2D eigenvalue weighted by molar-refractivity contribution is 5.21. The second-order valence-electron chi connectivity index (χ2n) is 5.01. The van der Waals surface area contributed by atoms with Crippen molar-refractivity contribution >= 4 is 0 Å². The molecule has 0 saturated heterocycles. The van der Waals surface area contributed by atoms with Crippen molar-refractivity contribution < 1.29 is 4.74 Å². The smallest absolute Gasteiger partial charge is 0.0713 e. The SMILES string of the molecule is COCc1ccc(CNCCC2CCC2)cc1. The van der Waals surface area contributed by atoms with Crippen LogP contribution >= 0.6 is 0 Å². The molecule has 2 rings (SSSR count). The van der Waals surface area contributed by atoms with Crippen molar-refractivity contribution in [2.75, 3.05) is 13.7 Å². The maximum absolute atomic E-state index is 5.10. The van der Waals surface area contributed by atoms with Crippen LogP contribution in [0, 0.1) is 5.92 Å². The van der Waals surface area contributed by atoms with Crippen LogP contribution in [0.15, 0.2) is 24.3 Å². The minimum atomic E-state index is 0.704. The van der Waals surface area contributed by atoms with Crippen molar-refractivity contribution in [3.8, 4) is 0 Å². The van der Waals surface area contributed by atoms with Crippen LogP contribution in [0.25, 0.3) is 0 Å². The third-order valence-electron chi connectivity index (χ3n) is 3.62. The molecule has 1 saturated carbocycles. The Bertz CT molecular complexity index is 316. The summed E-state index contributed by atoms with van der Waals surface area (Å²) in [6.07, 6.45) is 5.70. The van der Waals surface area contributed by atoms with Gasteiger partial charge in [0.05, 0.1) is 6.61 Å². The van der Waals surface area contributed by atoms with E-state index in [0.717, 1.165) is 19.0 Å². The van der Waals surface area contributed by atoms with Crippen molar-refractivity contribution in [1.29, 1.82) is 0 Å². The third kappa shape index (κ3) is 4.14. The van der Waals surface area contributed by atoms with Gasteiger partial charge >= 0.3 is 0 Å². The normalized spacial score (nSPS) is 15.8. The lowest BCUT2D eigenvalue weighted by atomic mass is 9.83. The van der Waals surface area contributed by atoms with E-state index in [1.165, 1.54) is 36.8 Å². The molecule has 1 aliphatic rings. The van der Waals surface area contributed by atoms with Gasteiger partial charge in [-0.05, 0) is 30.0 Å². The van der Waals surface area contributed by atoms with Crippen molar-refractivity contribution in [3.05, 3.63) is 35.4 Å². The van der Waals surface area contributed by atoms with E-state index in [4.69, 9.17) is 4.74 Å². The molecule has 1 aromatic carbocycles. The zero-order chi connectivity index (χ0) is 11.9. The lowest BCUT2D eigenvalue weighted by molar-refractivity contribution is 0.185. The number of methoxy groups -OCH3 is 1. The van der Waals surface area contributed by atoms with E-state index in [0.29, 0.717) is 6.61 Å². The molecule has 94 valence electrons. The molecule has 0 aliphatic heterocycles. The van der Waals surface area contributed by atoms with Gasteiger partial charge in [-0.15, -0.1) is 0 Å². The fourth-order valence-electron chi connectivity index (χ4n) is 2.24. The molecule has 2 heteroatoms. The first-order valence-corrected chi connectivity index (χ1v) is 6.66. The van der Waals surface area contributed by atoms with Crippen LogP contribution in [0.5, 0.6) is 0 Å². The molecule has 0 unspecified atom stereocenters. The van der Waals surface area contributed by atoms with Gasteiger partial charge in [0.2, 0.25) is 0 Å². The average molecular weight is 233 g/mol. The first-order chi connectivity index (χ1) is 8.38. The molecule has 0 atom stereocenters. The molecule has 17 heavy (non-hydrogen) atoms. The molecule has 0 heterocycles. The van der Waals surface area contributed by atoms with E-state index in [9.17, 15) is 0 Å². The van der Waals surface area contributed by atoms with E-state index < -0.39 is 0 Å². The summed E-state index contributed by atoms with van der Waals surface area (Å²) in [4.78, 5) is 0. The van der Waals surface area contributed by atoms with Gasteiger partial charge in [0, 0.05) is 13.7 Å². The van der Waals surface area contributed by atoms with Crippen molar-refractivity contribution in [1.82, 2.24) is 5.32 Å². The molecule has 0 spiro atoms. The number of hydrogen-bond donors (Lipinski definition) is 1. The zero-order valence-corrected chi connectivity index (χ0v) is 10.7. The predicted molar refractivity (Wildman–Crippen MR) is 70.8 cm³/mol. The molecule has 2 nitrogen and oxygen atoms in total. The summed E-state index contributed by atoms with van der Waals surface area (Å²) in [5.41, 5.74) is 2.60. The highest BCUT2D eigenvalue weighted by atomic mass is 16.5. The molecule has 1 aliphatic carbocycles. The summed E-state index contributed by atoms with van der Waals surface area (Å²) in [6.45, 7) is 2.85. The van der Waals surface area contributed by atoms with Gasteiger partial charge in [0.1, 0.15) is 0 Å². The lowest BCUT2D eigenvalue weighted by Gasteiger charge is -2.25. The highest BCUT2D eigenvalue weighted by Gasteiger charge is 2.15. The van der Waals surface area contributed by atoms with Gasteiger partial charge < -0.3 is 10.1 Å². The summed E-state index contributed by atoms with van der Waals surface area (Å²) < 4.78 is 5.10. The minimum absolute atomic E-state index is 0.704. The van der Waals surface area contributed by atoms with Crippen LogP contribution in [0.4, 0.5) is 0 Å². The number of nitrogens with one attached hydrogen (secondary N) is 1. The van der Waals surface area contributed by atoms with Crippen LogP contribution in [-0.2, 0) is 17.9 Å². The van der Waals surface area contributed by atoms with Gasteiger partial charge in [0.25, 0.3) is 0 Å². The predicted octanol–water partition coefficient (Wildman–Crippen LogP) is 3.11. The zero-order valence-electron chi connectivity index (χ0n) is 10.7. The minimum Gasteiger partial charge on any atom is -0.380 e. The summed E-state index contributed by atoms with van der Waals surface area (Å²) in [5.74, 6) is 1.01. The molecule has 0 amide bonds. The van der Waals surface area contributed by atoms with E-state index in [-0.39, 0.29) is 0 Å². The second-order valence-corrected chi connectivity index (χ2v) is 5.01. The van der Waals surface area contributed by atoms with E-state index >= 15 is 0 Å². The van der Waals surface area contributed by atoms with E-state index in [1.54, 1.807) is 7.11 Å². The number of hydrogen-bond acceptors (Lipinski definition) is 2. The number of benzene rings is 1. The third-order valence-corrected chi connectivity index (χ3v) is 3.62. The Balaban J connectivity index is 1.63. The Morgan fingerprint density at radius 1 is 1.18 bits per heavy atom. The lowest BCUT2D eigenvalue weighted by Crippen LogP contribution is -2.21. The quantitative estimate of drug-likeness (QED) is 0.731. The number of ether oxygens (including phenoxy) is 1. The molecule has 1 fully saturated rings. The van der Waals surface area contributed by atoms with Crippen LogP contribution in [0.1, 0.15) is 36.8 Å². The van der Waals surface area contributed by atoms with Crippen LogP contribution < -0.4 is 5.32 Å². The first-order valence-electron chi connectivity index (χ1n) is 6.66. The molecule has 0 bridgehead atoms. The summed E-state index contributed by atoms with van der Waals surface area (Å²) >= 11 is 0. The van der Waals surface area contributed by atoms with Gasteiger partial charge in [-0.1, -0.05) is 43.5 Å². The van der Waals surface area contributed by atoms with Crippen LogP contribution in [-0.4, -0.2) is 13.7 Å². The molecule has 1 N–H and O–H groups in total. The summed E-state index contributed by atoms with van der Waals surface area (Å²) in [7, 11) is 1.73. The van der Waals surface area contributed by atoms with Crippen molar-refractivity contribution in [3.63, 3.8) is 0 Å². The Morgan fingerprint density at radius 2 is 1.88 bits per heavy atom. The van der Waals surface area contributed by atoms with E-state index in [2.05, 4.69) is 29.6 Å². The molecule has 0 aromatic heterocycles. The number of rotatable bonds is 7. The Labute approximate surface area is 104 Å². The van der Waals surface area contributed by atoms with Crippen molar-refractivity contribution in [2.24, 2.45) is 5.92 Å². The first kappa shape index (κ1) is 12.6. The molecule has 1 aromatic rings. The highest BCUT2D eigenvalue weighted by Crippen LogP contribution is 2.28. The topological polar surface area (TPSA) is 21.3 Å². The van der Waals surface area contributed by atoms with Gasteiger partial charge in [0.15, 0.2) is 0 Å². The largest absolute Gasteiger partial charge is 0.380 e. The Kier molecular flexibility index (Phi) is 5.02. The maximum atomic E-state index is 5.10. The van der Waals surface area contributed by atoms with Crippen molar-refractivity contribution in [2.45, 2.75) is 38.8 Å². The standard InChI is InChI=1S/C15H23NO/c1-17-12-15-7-5-14(6-8-15)11-16-10-9-13-3-2-4-13/h5-8,13,16H,2-4,9-12H2,1H3. The van der Waals surface area contributed by atoms with Gasteiger partial charge in [-0.2, -0.15) is 0 Å². The summed E-state index contributed by atoms with van der Waals surface area (Å²) in [5, 5.41) is 3.52. The molecular formula is C15H23NO. The van der Waals surface area contributed by atoms with Gasteiger partial charge in [-0.3, -0.25) is 0 Å². The fraction of sp³-hybridized carbons (Fsp3) is 0.600. The second kappa shape index (κ2) is 6.77. The summed E-state index contributed by atoms with van der Waals surface area (Å²) in [6, 6.07) is 8.66. The maximum Gasteiger partial charge on any atom is 0.0713 e. The fourth-order valence-corrected chi connectivity index (χ4v) is 2.24. The Hall–Kier alpha value is -0.860. The average Bonchev–Trinajstić information content (AvgIpc) is 2.29. The Morgan fingerprint density at radius 3 is 2.47 bits per heavy atom. The van der Waals surface area contributed by atoms with Gasteiger partial charge in [-0.25, -0.2) is 0 Å². The molecular weight excluding hydrogens is 210 g/mol. The van der Waals surface area contributed by atoms with E-state index in [1.807, 2.05) is 0 Å². The van der Waals surface area contributed by atoms with Crippen LogP contribution in [0.2, 0.25) is 0 Å². The molecule has 0 radical (unpaired) electrons. The monoisotopic (exact) mass is 233 g/mol. The van der Waals surface area contributed by atoms with Crippen LogP contribution in [0.3, 0.4) is 0 Å².